The Kier molecular flexibility index (Phi) is 7.79. The second-order valence-electron chi connectivity index (χ2n) is 7.47. The fourth-order valence-corrected chi connectivity index (χ4v) is 4.12. The standard InChI is InChI=1S/C26H25N5O3S/c1-3-34-21-15-13-20(14-16-21)31-25(19-9-5-4-6-10-19)29-30-26(31)35-17-24(33)28-27-18(2)22-11-7-8-12-23(22)32/h4-16,32H,3,17H2,1-2H3,(H,28,33)/b27-18-. The van der Waals surface area contributed by atoms with E-state index in [1.54, 1.807) is 31.2 Å². The van der Waals surface area contributed by atoms with Gasteiger partial charge in [-0.2, -0.15) is 5.10 Å². The SMILES string of the molecule is CCOc1ccc(-n2c(SCC(=O)N/N=C(/C)c3ccccc3O)nnc2-c2ccccc2)cc1. The van der Waals surface area contributed by atoms with Gasteiger partial charge in [0.15, 0.2) is 11.0 Å². The second kappa shape index (κ2) is 11.3. The number of phenols is 1. The molecule has 1 heterocycles. The molecule has 0 aliphatic rings. The van der Waals surface area contributed by atoms with Gasteiger partial charge in [-0.15, -0.1) is 10.2 Å². The third-order valence-corrected chi connectivity index (χ3v) is 5.97. The summed E-state index contributed by atoms with van der Waals surface area (Å²) >= 11 is 1.26. The van der Waals surface area contributed by atoms with Gasteiger partial charge in [-0.25, -0.2) is 5.43 Å². The van der Waals surface area contributed by atoms with Gasteiger partial charge >= 0.3 is 0 Å². The van der Waals surface area contributed by atoms with Gasteiger partial charge in [0.05, 0.1) is 18.1 Å². The fraction of sp³-hybridized carbons (Fsp3) is 0.154. The first kappa shape index (κ1) is 24.0. The van der Waals surface area contributed by atoms with E-state index in [4.69, 9.17) is 4.74 Å². The van der Waals surface area contributed by atoms with Crippen molar-refractivity contribution in [3.63, 3.8) is 0 Å². The Balaban J connectivity index is 1.53. The van der Waals surface area contributed by atoms with Crippen molar-refractivity contribution in [1.29, 1.82) is 0 Å². The number of rotatable bonds is 9. The number of hydrogen-bond donors (Lipinski definition) is 2. The summed E-state index contributed by atoms with van der Waals surface area (Å²) in [6, 6.07) is 24.2. The van der Waals surface area contributed by atoms with Crippen molar-refractivity contribution < 1.29 is 14.6 Å². The lowest BCUT2D eigenvalue weighted by Crippen LogP contribution is -2.21. The Morgan fingerprint density at radius 1 is 1.03 bits per heavy atom. The van der Waals surface area contributed by atoms with Gasteiger partial charge in [0, 0.05) is 16.8 Å². The number of carbonyl (C=O) groups excluding carboxylic acids is 1. The summed E-state index contributed by atoms with van der Waals surface area (Å²) < 4.78 is 7.48. The minimum absolute atomic E-state index is 0.0848. The average molecular weight is 488 g/mol. The second-order valence-corrected chi connectivity index (χ2v) is 8.42. The van der Waals surface area contributed by atoms with E-state index in [-0.39, 0.29) is 17.4 Å². The molecular weight excluding hydrogens is 462 g/mol. The molecule has 9 heteroatoms. The zero-order valence-electron chi connectivity index (χ0n) is 19.4. The quantitative estimate of drug-likeness (QED) is 0.202. The number of ether oxygens (including phenoxy) is 1. The number of hydrazone groups is 1. The van der Waals surface area contributed by atoms with Crippen LogP contribution in [0.25, 0.3) is 17.1 Å². The van der Waals surface area contributed by atoms with Crippen LogP contribution in [0.2, 0.25) is 0 Å². The maximum absolute atomic E-state index is 12.5. The van der Waals surface area contributed by atoms with E-state index >= 15 is 0 Å². The van der Waals surface area contributed by atoms with E-state index in [0.717, 1.165) is 17.0 Å². The van der Waals surface area contributed by atoms with E-state index in [0.29, 0.717) is 28.9 Å². The molecular formula is C26H25N5O3S. The number of aromatic hydroxyl groups is 1. The Bertz CT molecular complexity index is 1320. The summed E-state index contributed by atoms with van der Waals surface area (Å²) in [5.41, 5.74) is 5.37. The highest BCUT2D eigenvalue weighted by atomic mass is 32.2. The number of para-hydroxylation sites is 1. The molecule has 0 saturated carbocycles. The maximum atomic E-state index is 12.5. The predicted octanol–water partition coefficient (Wildman–Crippen LogP) is 4.67. The van der Waals surface area contributed by atoms with Gasteiger partial charge in [-0.3, -0.25) is 9.36 Å². The molecule has 0 spiro atoms. The molecule has 1 aromatic heterocycles. The van der Waals surface area contributed by atoms with Crippen LogP contribution in [-0.2, 0) is 4.79 Å². The number of phenolic OH excluding ortho intramolecular Hbond substituents is 1. The molecule has 0 aliphatic carbocycles. The third-order valence-electron chi connectivity index (χ3n) is 5.05. The molecule has 0 atom stereocenters. The molecule has 3 aromatic carbocycles. The van der Waals surface area contributed by atoms with E-state index in [1.165, 1.54) is 11.8 Å². The molecule has 0 saturated heterocycles. The number of thioether (sulfide) groups is 1. The zero-order valence-corrected chi connectivity index (χ0v) is 20.2. The highest BCUT2D eigenvalue weighted by molar-refractivity contribution is 7.99. The Hall–Kier alpha value is -4.11. The highest BCUT2D eigenvalue weighted by Gasteiger charge is 2.17. The number of aromatic nitrogens is 3. The molecule has 178 valence electrons. The van der Waals surface area contributed by atoms with Gasteiger partial charge in [0.1, 0.15) is 11.5 Å². The number of nitrogens with zero attached hydrogens (tertiary/aromatic N) is 4. The number of hydrogen-bond acceptors (Lipinski definition) is 7. The lowest BCUT2D eigenvalue weighted by Gasteiger charge is -2.11. The Morgan fingerprint density at radius 3 is 2.46 bits per heavy atom. The number of benzene rings is 3. The minimum Gasteiger partial charge on any atom is -0.507 e. The van der Waals surface area contributed by atoms with Crippen LogP contribution in [0.1, 0.15) is 19.4 Å². The van der Waals surface area contributed by atoms with Gasteiger partial charge in [-0.1, -0.05) is 54.2 Å². The van der Waals surface area contributed by atoms with Crippen LogP contribution in [0, 0.1) is 0 Å². The monoisotopic (exact) mass is 487 g/mol. The molecule has 0 radical (unpaired) electrons. The minimum atomic E-state index is -0.299. The summed E-state index contributed by atoms with van der Waals surface area (Å²) in [5, 5.41) is 23.4. The smallest absolute Gasteiger partial charge is 0.250 e. The fourth-order valence-electron chi connectivity index (χ4n) is 3.38. The largest absolute Gasteiger partial charge is 0.507 e. The normalized spacial score (nSPS) is 11.3. The molecule has 4 aromatic rings. The van der Waals surface area contributed by atoms with Crippen molar-refractivity contribution in [2.45, 2.75) is 19.0 Å². The molecule has 35 heavy (non-hydrogen) atoms. The van der Waals surface area contributed by atoms with E-state index in [1.807, 2.05) is 66.1 Å². The summed E-state index contributed by atoms with van der Waals surface area (Å²) in [5.74, 6) is 1.34. The van der Waals surface area contributed by atoms with Crippen molar-refractivity contribution in [1.82, 2.24) is 20.2 Å². The van der Waals surface area contributed by atoms with Crippen molar-refractivity contribution >= 4 is 23.4 Å². The Labute approximate surface area is 207 Å². The van der Waals surface area contributed by atoms with Crippen molar-refractivity contribution in [3.05, 3.63) is 84.4 Å². The molecule has 2 N–H and O–H groups in total. The first-order valence-electron chi connectivity index (χ1n) is 11.0. The lowest BCUT2D eigenvalue weighted by molar-refractivity contribution is -0.118. The lowest BCUT2D eigenvalue weighted by atomic mass is 10.1. The zero-order chi connectivity index (χ0) is 24.6. The molecule has 0 unspecified atom stereocenters. The topological polar surface area (TPSA) is 102 Å². The number of nitrogens with one attached hydrogen (secondary N) is 1. The van der Waals surface area contributed by atoms with Crippen LogP contribution in [0.15, 0.2) is 89.1 Å². The molecule has 4 rings (SSSR count). The van der Waals surface area contributed by atoms with Crippen LogP contribution in [0.3, 0.4) is 0 Å². The summed E-state index contributed by atoms with van der Waals surface area (Å²) in [6.07, 6.45) is 0. The Morgan fingerprint density at radius 2 is 1.74 bits per heavy atom. The number of amides is 1. The van der Waals surface area contributed by atoms with Crippen molar-refractivity contribution in [2.75, 3.05) is 12.4 Å². The average Bonchev–Trinajstić information content (AvgIpc) is 3.31. The number of carbonyl (C=O) groups is 1. The van der Waals surface area contributed by atoms with Crippen LogP contribution in [0.4, 0.5) is 0 Å². The van der Waals surface area contributed by atoms with Crippen LogP contribution in [-0.4, -0.2) is 43.8 Å². The maximum Gasteiger partial charge on any atom is 0.250 e. The van der Waals surface area contributed by atoms with Gasteiger partial charge in [0.2, 0.25) is 0 Å². The van der Waals surface area contributed by atoms with Crippen LogP contribution < -0.4 is 10.2 Å². The van der Waals surface area contributed by atoms with Gasteiger partial charge in [0.25, 0.3) is 5.91 Å². The predicted molar refractivity (Wildman–Crippen MR) is 137 cm³/mol. The van der Waals surface area contributed by atoms with Crippen LogP contribution in [0.5, 0.6) is 11.5 Å². The molecule has 1 amide bonds. The molecule has 8 nitrogen and oxygen atoms in total. The summed E-state index contributed by atoms with van der Waals surface area (Å²) in [4.78, 5) is 12.5. The van der Waals surface area contributed by atoms with Gasteiger partial charge in [-0.05, 0) is 50.2 Å². The molecule has 0 fully saturated rings. The summed E-state index contributed by atoms with van der Waals surface area (Å²) in [6.45, 7) is 4.25. The molecule has 0 aliphatic heterocycles. The van der Waals surface area contributed by atoms with E-state index < -0.39 is 0 Å². The first-order valence-corrected chi connectivity index (χ1v) is 12.0. The van der Waals surface area contributed by atoms with E-state index in [9.17, 15) is 9.90 Å². The van der Waals surface area contributed by atoms with E-state index in [2.05, 4.69) is 20.7 Å². The van der Waals surface area contributed by atoms with Gasteiger partial charge < -0.3 is 9.84 Å². The van der Waals surface area contributed by atoms with Crippen molar-refractivity contribution in [3.8, 4) is 28.6 Å². The third kappa shape index (κ3) is 5.88. The van der Waals surface area contributed by atoms with Crippen LogP contribution >= 0.6 is 11.8 Å². The summed E-state index contributed by atoms with van der Waals surface area (Å²) in [7, 11) is 0. The van der Waals surface area contributed by atoms with Crippen molar-refractivity contribution in [2.24, 2.45) is 5.10 Å². The first-order chi connectivity index (χ1) is 17.1. The highest BCUT2D eigenvalue weighted by Crippen LogP contribution is 2.29. The molecule has 0 bridgehead atoms.